The van der Waals surface area contributed by atoms with Gasteiger partial charge in [0.05, 0.1) is 5.69 Å². The largest absolute Gasteiger partial charge is 0.352 e. The molecule has 188 valence electrons. The summed E-state index contributed by atoms with van der Waals surface area (Å²) in [6.45, 7) is 6.23. The zero-order chi connectivity index (χ0) is 25.8. The standard InChI is InChI=1S/C29H32FN3O3/c1-4-24(28(35)31-19(2)3)33(18-20-13-15-22(30)16-14-20)26(34)12-7-17-32-25-11-6-9-21-8-5-10-23(27(21)25)29(32)36/h5-6,8-11,13-16,19,24H,4,7,12,17-18H2,1-3H3,(H,31,35)/t24-/m1/s1. The van der Waals surface area contributed by atoms with Crippen molar-refractivity contribution in [3.8, 4) is 0 Å². The van der Waals surface area contributed by atoms with Crippen molar-refractivity contribution in [1.82, 2.24) is 10.2 Å². The second-order valence-corrected chi connectivity index (χ2v) is 9.48. The number of nitrogens with one attached hydrogen (secondary N) is 1. The Balaban J connectivity index is 1.48. The summed E-state index contributed by atoms with van der Waals surface area (Å²) in [6.07, 6.45) is 1.09. The molecule has 0 radical (unpaired) electrons. The highest BCUT2D eigenvalue weighted by molar-refractivity contribution is 6.25. The Morgan fingerprint density at radius 3 is 2.39 bits per heavy atom. The molecule has 0 aliphatic carbocycles. The number of carbonyl (C=O) groups is 3. The predicted molar refractivity (Wildman–Crippen MR) is 139 cm³/mol. The van der Waals surface area contributed by atoms with Crippen molar-refractivity contribution in [2.24, 2.45) is 0 Å². The highest BCUT2D eigenvalue weighted by Gasteiger charge is 2.31. The zero-order valence-corrected chi connectivity index (χ0v) is 21.0. The van der Waals surface area contributed by atoms with Crippen molar-refractivity contribution in [2.75, 3.05) is 11.4 Å². The van der Waals surface area contributed by atoms with Gasteiger partial charge in [-0.2, -0.15) is 0 Å². The van der Waals surface area contributed by atoms with E-state index in [-0.39, 0.29) is 42.5 Å². The quantitative estimate of drug-likeness (QED) is 0.433. The van der Waals surface area contributed by atoms with Crippen LogP contribution < -0.4 is 10.2 Å². The topological polar surface area (TPSA) is 69.7 Å². The molecule has 1 aliphatic heterocycles. The van der Waals surface area contributed by atoms with Gasteiger partial charge in [-0.3, -0.25) is 14.4 Å². The molecule has 4 rings (SSSR count). The molecule has 1 atom stereocenters. The lowest BCUT2D eigenvalue weighted by molar-refractivity contribution is -0.141. The number of halogens is 1. The molecule has 1 aliphatic rings. The molecule has 0 saturated heterocycles. The van der Waals surface area contributed by atoms with E-state index in [1.165, 1.54) is 12.1 Å². The molecule has 1 N–H and O–H groups in total. The van der Waals surface area contributed by atoms with Crippen LogP contribution in [0.5, 0.6) is 0 Å². The lowest BCUT2D eigenvalue weighted by atomic mass is 10.1. The molecule has 6 nitrogen and oxygen atoms in total. The van der Waals surface area contributed by atoms with Crippen molar-refractivity contribution in [2.45, 2.75) is 58.7 Å². The molecular formula is C29H32FN3O3. The summed E-state index contributed by atoms with van der Waals surface area (Å²) in [6, 6.07) is 16.8. The summed E-state index contributed by atoms with van der Waals surface area (Å²) in [7, 11) is 0. The van der Waals surface area contributed by atoms with E-state index in [1.54, 1.807) is 21.9 Å². The number of amides is 3. The third-order valence-electron chi connectivity index (χ3n) is 6.50. The van der Waals surface area contributed by atoms with Crippen LogP contribution in [-0.4, -0.2) is 41.2 Å². The van der Waals surface area contributed by atoms with Gasteiger partial charge in [0.25, 0.3) is 5.91 Å². The first-order valence-electron chi connectivity index (χ1n) is 12.5. The minimum Gasteiger partial charge on any atom is -0.352 e. The van der Waals surface area contributed by atoms with Crippen molar-refractivity contribution in [3.05, 3.63) is 77.6 Å². The number of anilines is 1. The molecule has 0 fully saturated rings. The van der Waals surface area contributed by atoms with Crippen molar-refractivity contribution < 1.29 is 18.8 Å². The van der Waals surface area contributed by atoms with Crippen molar-refractivity contribution >= 4 is 34.2 Å². The maximum absolute atomic E-state index is 13.4. The summed E-state index contributed by atoms with van der Waals surface area (Å²) in [4.78, 5) is 42.7. The normalized spacial score (nSPS) is 13.4. The molecule has 0 bridgehead atoms. The molecule has 3 aromatic carbocycles. The molecular weight excluding hydrogens is 457 g/mol. The van der Waals surface area contributed by atoms with E-state index in [0.29, 0.717) is 24.9 Å². The maximum atomic E-state index is 13.4. The highest BCUT2D eigenvalue weighted by Crippen LogP contribution is 2.37. The lowest BCUT2D eigenvalue weighted by Gasteiger charge is -2.31. The van der Waals surface area contributed by atoms with E-state index in [0.717, 1.165) is 22.0 Å². The maximum Gasteiger partial charge on any atom is 0.258 e. The Morgan fingerprint density at radius 1 is 1.03 bits per heavy atom. The Morgan fingerprint density at radius 2 is 1.72 bits per heavy atom. The van der Waals surface area contributed by atoms with Crippen LogP contribution in [0.1, 0.15) is 56.0 Å². The Hall–Kier alpha value is -3.74. The SMILES string of the molecule is CC[C@H](C(=O)NC(C)C)N(Cc1ccc(F)cc1)C(=O)CCCN1C(=O)c2cccc3cccc1c23. The number of nitrogens with zero attached hydrogens (tertiary/aromatic N) is 2. The van der Waals surface area contributed by atoms with Gasteiger partial charge >= 0.3 is 0 Å². The summed E-state index contributed by atoms with van der Waals surface area (Å²) in [5.74, 6) is -0.792. The average Bonchev–Trinajstić information content (AvgIpc) is 3.12. The first kappa shape index (κ1) is 25.4. The minimum atomic E-state index is -0.642. The Bertz CT molecular complexity index is 1270. The van der Waals surface area contributed by atoms with Crippen LogP contribution in [0, 0.1) is 5.82 Å². The smallest absolute Gasteiger partial charge is 0.258 e. The van der Waals surface area contributed by atoms with E-state index in [2.05, 4.69) is 5.32 Å². The monoisotopic (exact) mass is 489 g/mol. The molecule has 7 heteroatoms. The van der Waals surface area contributed by atoms with Gasteiger partial charge in [0.1, 0.15) is 11.9 Å². The summed E-state index contributed by atoms with van der Waals surface area (Å²) < 4.78 is 13.4. The summed E-state index contributed by atoms with van der Waals surface area (Å²) in [5, 5.41) is 4.87. The van der Waals surface area contributed by atoms with Crippen LogP contribution in [0.4, 0.5) is 10.1 Å². The van der Waals surface area contributed by atoms with Crippen LogP contribution in [-0.2, 0) is 16.1 Å². The predicted octanol–water partition coefficient (Wildman–Crippen LogP) is 5.05. The van der Waals surface area contributed by atoms with Crippen LogP contribution in [0.15, 0.2) is 60.7 Å². The van der Waals surface area contributed by atoms with Gasteiger partial charge in [0.2, 0.25) is 11.8 Å². The molecule has 3 amide bonds. The molecule has 0 aromatic heterocycles. The first-order valence-corrected chi connectivity index (χ1v) is 12.5. The molecule has 0 unspecified atom stereocenters. The highest BCUT2D eigenvalue weighted by atomic mass is 19.1. The number of hydrogen-bond acceptors (Lipinski definition) is 3. The molecule has 36 heavy (non-hydrogen) atoms. The van der Waals surface area contributed by atoms with E-state index in [1.807, 2.05) is 57.2 Å². The van der Waals surface area contributed by atoms with E-state index in [4.69, 9.17) is 0 Å². The van der Waals surface area contributed by atoms with Crippen LogP contribution >= 0.6 is 0 Å². The Kier molecular flexibility index (Phi) is 7.67. The van der Waals surface area contributed by atoms with Crippen molar-refractivity contribution in [1.29, 1.82) is 0 Å². The van der Waals surface area contributed by atoms with Gasteiger partial charge in [-0.25, -0.2) is 4.39 Å². The third-order valence-corrected chi connectivity index (χ3v) is 6.50. The fourth-order valence-corrected chi connectivity index (χ4v) is 4.82. The van der Waals surface area contributed by atoms with Gasteiger partial charge < -0.3 is 15.1 Å². The Labute approximate surface area is 211 Å². The number of carbonyl (C=O) groups excluding carboxylic acids is 3. The van der Waals surface area contributed by atoms with E-state index >= 15 is 0 Å². The van der Waals surface area contributed by atoms with Crippen LogP contribution in [0.2, 0.25) is 0 Å². The van der Waals surface area contributed by atoms with Gasteiger partial charge in [-0.15, -0.1) is 0 Å². The molecule has 1 heterocycles. The number of rotatable bonds is 10. The van der Waals surface area contributed by atoms with Gasteiger partial charge in [-0.1, -0.05) is 43.3 Å². The molecule has 3 aromatic rings. The number of hydrogen-bond donors (Lipinski definition) is 1. The van der Waals surface area contributed by atoms with E-state index in [9.17, 15) is 18.8 Å². The molecule has 0 spiro atoms. The number of benzene rings is 3. The van der Waals surface area contributed by atoms with Crippen LogP contribution in [0.3, 0.4) is 0 Å². The molecule has 0 saturated carbocycles. The fourth-order valence-electron chi connectivity index (χ4n) is 4.82. The third kappa shape index (κ3) is 5.25. The second kappa shape index (κ2) is 10.9. The van der Waals surface area contributed by atoms with Gasteiger partial charge in [0.15, 0.2) is 0 Å². The minimum absolute atomic E-state index is 0.0554. The average molecular weight is 490 g/mol. The van der Waals surface area contributed by atoms with Crippen molar-refractivity contribution in [3.63, 3.8) is 0 Å². The zero-order valence-electron chi connectivity index (χ0n) is 21.0. The summed E-state index contributed by atoms with van der Waals surface area (Å²) in [5.41, 5.74) is 2.30. The lowest BCUT2D eigenvalue weighted by Crippen LogP contribution is -2.50. The van der Waals surface area contributed by atoms with Crippen LogP contribution in [0.25, 0.3) is 10.8 Å². The van der Waals surface area contributed by atoms with Gasteiger partial charge in [0, 0.05) is 36.5 Å². The first-order chi connectivity index (χ1) is 17.3. The van der Waals surface area contributed by atoms with Gasteiger partial charge in [-0.05, 0) is 61.9 Å². The fraction of sp³-hybridized carbons (Fsp3) is 0.345. The second-order valence-electron chi connectivity index (χ2n) is 9.48. The van der Waals surface area contributed by atoms with E-state index < -0.39 is 6.04 Å². The summed E-state index contributed by atoms with van der Waals surface area (Å²) >= 11 is 0.